The second-order valence-corrected chi connectivity index (χ2v) is 7.64. The highest BCUT2D eigenvalue weighted by atomic mass is 35.5. The highest BCUT2D eigenvalue weighted by Crippen LogP contribution is 2.26. The number of thiazole rings is 1. The van der Waals surface area contributed by atoms with E-state index in [4.69, 9.17) is 10.7 Å². The number of rotatable bonds is 4. The van der Waals surface area contributed by atoms with Crippen LogP contribution in [-0.4, -0.2) is 29.5 Å². The number of aromatic nitrogens is 1. The average Bonchev–Trinajstić information content (AvgIpc) is 2.78. The van der Waals surface area contributed by atoms with E-state index in [1.54, 1.807) is 0 Å². The van der Waals surface area contributed by atoms with Gasteiger partial charge in [0.2, 0.25) is 0 Å². The van der Waals surface area contributed by atoms with Crippen molar-refractivity contribution in [3.63, 3.8) is 0 Å². The molecule has 1 unspecified atom stereocenters. The molecule has 1 aromatic heterocycles. The van der Waals surface area contributed by atoms with Crippen LogP contribution in [0.25, 0.3) is 0 Å². The summed E-state index contributed by atoms with van der Waals surface area (Å²) in [6.07, 6.45) is 3.82. The van der Waals surface area contributed by atoms with Crippen molar-refractivity contribution in [2.45, 2.75) is 52.0 Å². The number of nitrogens with zero attached hydrogens (tertiary/aromatic N) is 2. The van der Waals surface area contributed by atoms with Crippen LogP contribution in [0.4, 0.5) is 0 Å². The lowest BCUT2D eigenvalue weighted by Crippen LogP contribution is -2.35. The Bertz CT molecular complexity index is 402. The lowest BCUT2D eigenvalue weighted by atomic mass is 9.93. The van der Waals surface area contributed by atoms with Gasteiger partial charge in [0.05, 0.1) is 12.2 Å². The van der Waals surface area contributed by atoms with Crippen molar-refractivity contribution in [3.8, 4) is 0 Å². The Hall–Kier alpha value is 0.130. The molecule has 6 heteroatoms. The van der Waals surface area contributed by atoms with Gasteiger partial charge in [0.1, 0.15) is 5.01 Å². The Kier molecular flexibility index (Phi) is 9.37. The van der Waals surface area contributed by atoms with Gasteiger partial charge >= 0.3 is 0 Å². The van der Waals surface area contributed by atoms with Gasteiger partial charge in [-0.3, -0.25) is 4.90 Å². The largest absolute Gasteiger partial charge is 0.330 e. The lowest BCUT2D eigenvalue weighted by Gasteiger charge is -2.31. The van der Waals surface area contributed by atoms with Crippen LogP contribution in [0.1, 0.15) is 50.7 Å². The molecule has 1 aromatic rings. The van der Waals surface area contributed by atoms with Gasteiger partial charge in [-0.15, -0.1) is 36.2 Å². The first-order valence-electron chi connectivity index (χ1n) is 7.36. The van der Waals surface area contributed by atoms with Crippen molar-refractivity contribution in [1.82, 2.24) is 9.88 Å². The van der Waals surface area contributed by atoms with Crippen molar-refractivity contribution in [2.75, 3.05) is 19.6 Å². The predicted octanol–water partition coefficient (Wildman–Crippen LogP) is 3.85. The highest BCUT2D eigenvalue weighted by molar-refractivity contribution is 7.09. The molecule has 0 bridgehead atoms. The van der Waals surface area contributed by atoms with Crippen molar-refractivity contribution in [3.05, 3.63) is 16.1 Å². The standard InChI is InChI=1S/C15H27N3S.2ClH/c1-15(2,3)13-11-19-14(17-13)10-18-8-4-5-12(9-18)6-7-16;;/h11-12H,4-10,16H2,1-3H3;2*1H. The summed E-state index contributed by atoms with van der Waals surface area (Å²) in [7, 11) is 0. The number of hydrogen-bond donors (Lipinski definition) is 1. The zero-order valence-corrected chi connectivity index (χ0v) is 15.8. The second-order valence-electron chi connectivity index (χ2n) is 6.70. The smallest absolute Gasteiger partial charge is 0.107 e. The molecule has 0 spiro atoms. The molecule has 0 aliphatic carbocycles. The third-order valence-electron chi connectivity index (χ3n) is 3.86. The third kappa shape index (κ3) is 6.41. The normalized spacial score (nSPS) is 19.7. The average molecular weight is 354 g/mol. The Morgan fingerprint density at radius 2 is 2.10 bits per heavy atom. The molecule has 2 rings (SSSR count). The Morgan fingerprint density at radius 3 is 2.67 bits per heavy atom. The molecule has 1 fully saturated rings. The number of halogens is 2. The molecule has 21 heavy (non-hydrogen) atoms. The SMILES string of the molecule is CC(C)(C)c1csc(CN2CCCC(CCN)C2)n1.Cl.Cl. The van der Waals surface area contributed by atoms with Gasteiger partial charge in [0.25, 0.3) is 0 Å². The molecule has 1 aliphatic rings. The summed E-state index contributed by atoms with van der Waals surface area (Å²) in [6, 6.07) is 0. The first-order chi connectivity index (χ1) is 8.99. The van der Waals surface area contributed by atoms with Crippen molar-refractivity contribution in [2.24, 2.45) is 11.7 Å². The van der Waals surface area contributed by atoms with E-state index in [-0.39, 0.29) is 30.2 Å². The quantitative estimate of drug-likeness (QED) is 0.893. The van der Waals surface area contributed by atoms with Crippen molar-refractivity contribution in [1.29, 1.82) is 0 Å². The summed E-state index contributed by atoms with van der Waals surface area (Å²) in [4.78, 5) is 7.35. The van der Waals surface area contributed by atoms with Crippen LogP contribution in [0, 0.1) is 5.92 Å². The van der Waals surface area contributed by atoms with E-state index in [0.717, 1.165) is 19.0 Å². The van der Waals surface area contributed by atoms with Crippen LogP contribution in [0.3, 0.4) is 0 Å². The third-order valence-corrected chi connectivity index (χ3v) is 4.69. The molecular formula is C15H29Cl2N3S. The maximum absolute atomic E-state index is 5.68. The van der Waals surface area contributed by atoms with Crippen molar-refractivity contribution >= 4 is 36.2 Å². The van der Waals surface area contributed by atoms with Gasteiger partial charge in [-0.05, 0) is 38.3 Å². The summed E-state index contributed by atoms with van der Waals surface area (Å²) in [5.74, 6) is 0.792. The summed E-state index contributed by atoms with van der Waals surface area (Å²) < 4.78 is 0. The fourth-order valence-electron chi connectivity index (χ4n) is 2.69. The van der Waals surface area contributed by atoms with E-state index >= 15 is 0 Å². The molecule has 1 atom stereocenters. The molecule has 124 valence electrons. The number of piperidine rings is 1. The second kappa shape index (κ2) is 9.31. The molecule has 3 nitrogen and oxygen atoms in total. The van der Waals surface area contributed by atoms with Gasteiger partial charge in [0.15, 0.2) is 0 Å². The maximum atomic E-state index is 5.68. The molecule has 1 saturated heterocycles. The highest BCUT2D eigenvalue weighted by Gasteiger charge is 2.22. The van der Waals surface area contributed by atoms with Gasteiger partial charge in [-0.25, -0.2) is 4.98 Å². The molecule has 2 heterocycles. The Balaban J connectivity index is 0.00000200. The van der Waals surface area contributed by atoms with Crippen LogP contribution in [0.15, 0.2) is 5.38 Å². The maximum Gasteiger partial charge on any atom is 0.107 e. The minimum absolute atomic E-state index is 0. The van der Waals surface area contributed by atoms with Crippen LogP contribution in [-0.2, 0) is 12.0 Å². The van der Waals surface area contributed by atoms with Crippen LogP contribution in [0.5, 0.6) is 0 Å². The fraction of sp³-hybridized carbons (Fsp3) is 0.800. The first-order valence-corrected chi connectivity index (χ1v) is 8.24. The molecule has 0 saturated carbocycles. The predicted molar refractivity (Wildman–Crippen MR) is 97.0 cm³/mol. The summed E-state index contributed by atoms with van der Waals surface area (Å²) in [5.41, 5.74) is 7.07. The number of likely N-dealkylation sites (tertiary alicyclic amines) is 1. The molecular weight excluding hydrogens is 325 g/mol. The molecule has 1 aliphatic heterocycles. The molecule has 0 amide bonds. The lowest BCUT2D eigenvalue weighted by molar-refractivity contribution is 0.163. The zero-order valence-electron chi connectivity index (χ0n) is 13.3. The Labute approximate surface area is 145 Å². The summed E-state index contributed by atoms with van der Waals surface area (Å²) in [6.45, 7) is 10.9. The number of nitrogens with two attached hydrogens (primary N) is 1. The first kappa shape index (κ1) is 21.1. The molecule has 0 radical (unpaired) electrons. The molecule has 2 N–H and O–H groups in total. The topological polar surface area (TPSA) is 42.1 Å². The van der Waals surface area contributed by atoms with E-state index in [1.165, 1.54) is 43.1 Å². The number of hydrogen-bond acceptors (Lipinski definition) is 4. The van der Waals surface area contributed by atoms with Gasteiger partial charge < -0.3 is 5.73 Å². The monoisotopic (exact) mass is 353 g/mol. The van der Waals surface area contributed by atoms with Gasteiger partial charge in [-0.2, -0.15) is 0 Å². The summed E-state index contributed by atoms with van der Waals surface area (Å²) >= 11 is 1.81. The Morgan fingerprint density at radius 1 is 1.38 bits per heavy atom. The summed E-state index contributed by atoms with van der Waals surface area (Å²) in [5, 5.41) is 3.48. The van der Waals surface area contributed by atoms with E-state index in [0.29, 0.717) is 0 Å². The van der Waals surface area contributed by atoms with E-state index in [2.05, 4.69) is 31.1 Å². The minimum Gasteiger partial charge on any atom is -0.330 e. The van der Waals surface area contributed by atoms with Gasteiger partial charge in [0, 0.05) is 17.3 Å². The van der Waals surface area contributed by atoms with Crippen LogP contribution < -0.4 is 5.73 Å². The zero-order chi connectivity index (χ0) is 13.9. The fourth-order valence-corrected chi connectivity index (χ4v) is 3.75. The van der Waals surface area contributed by atoms with Gasteiger partial charge in [-0.1, -0.05) is 20.8 Å². The van der Waals surface area contributed by atoms with Crippen molar-refractivity contribution < 1.29 is 0 Å². The van der Waals surface area contributed by atoms with E-state index in [1.807, 2.05) is 11.3 Å². The minimum atomic E-state index is 0. The van der Waals surface area contributed by atoms with E-state index < -0.39 is 0 Å². The van der Waals surface area contributed by atoms with Crippen LogP contribution in [0.2, 0.25) is 0 Å². The molecule has 0 aromatic carbocycles. The van der Waals surface area contributed by atoms with Crippen LogP contribution >= 0.6 is 36.2 Å². The van der Waals surface area contributed by atoms with E-state index in [9.17, 15) is 0 Å².